The van der Waals surface area contributed by atoms with Crippen LogP contribution < -0.4 is 16.6 Å². The smallest absolute Gasteiger partial charge is 0.303 e. The van der Waals surface area contributed by atoms with E-state index in [1.807, 2.05) is 0 Å². The Kier molecular flexibility index (Phi) is 7.24. The predicted molar refractivity (Wildman–Crippen MR) is 121 cm³/mol. The van der Waals surface area contributed by atoms with Gasteiger partial charge in [0, 0.05) is 18.4 Å². The molecule has 3 rings (SSSR count). The highest BCUT2D eigenvalue weighted by Gasteiger charge is 2.20. The number of nitrogens with two attached hydrogens (primary N) is 1. The van der Waals surface area contributed by atoms with Crippen LogP contribution in [0, 0.1) is 0 Å². The number of hydrogen-bond acceptors (Lipinski definition) is 8. The molecule has 3 aromatic rings. The van der Waals surface area contributed by atoms with Gasteiger partial charge in [-0.05, 0) is 48.9 Å². The summed E-state index contributed by atoms with van der Waals surface area (Å²) in [5.74, 6) is -1.74. The summed E-state index contributed by atoms with van der Waals surface area (Å²) >= 11 is 0. The summed E-state index contributed by atoms with van der Waals surface area (Å²) in [5, 5.41) is 20.0. The first-order chi connectivity index (χ1) is 15.8. The van der Waals surface area contributed by atoms with Crippen LogP contribution in [0.3, 0.4) is 0 Å². The zero-order valence-corrected chi connectivity index (χ0v) is 17.7. The maximum atomic E-state index is 12.5. The van der Waals surface area contributed by atoms with E-state index < -0.39 is 17.9 Å². The molecule has 1 aromatic heterocycles. The van der Waals surface area contributed by atoms with Crippen molar-refractivity contribution in [1.29, 1.82) is 0 Å². The van der Waals surface area contributed by atoms with E-state index in [1.165, 1.54) is 18.2 Å². The first kappa shape index (κ1) is 23.3. The molecule has 0 spiro atoms. The molecule has 1 amide bonds. The number of nitrogens with zero attached hydrogens (tertiary/aromatic N) is 3. The van der Waals surface area contributed by atoms with Crippen molar-refractivity contribution in [3.05, 3.63) is 58.4 Å². The van der Waals surface area contributed by atoms with Gasteiger partial charge in [-0.3, -0.25) is 24.2 Å². The summed E-state index contributed by atoms with van der Waals surface area (Å²) in [6.07, 6.45) is -0.00911. The number of azo groups is 1. The molecule has 5 N–H and O–H groups in total. The number of nitrogens with one attached hydrogen (secondary N) is 2. The highest BCUT2D eigenvalue weighted by atomic mass is 16.4. The Morgan fingerprint density at radius 1 is 1.12 bits per heavy atom. The number of fused-ring (bicyclic) bond motifs is 1. The number of benzene rings is 2. The van der Waals surface area contributed by atoms with E-state index >= 15 is 0 Å². The minimum absolute atomic E-state index is 0.0246. The Bertz CT molecular complexity index is 1280. The lowest BCUT2D eigenvalue weighted by Crippen LogP contribution is -2.40. The van der Waals surface area contributed by atoms with Crippen molar-refractivity contribution in [2.45, 2.75) is 32.2 Å². The summed E-state index contributed by atoms with van der Waals surface area (Å²) in [4.78, 5) is 53.8. The van der Waals surface area contributed by atoms with Crippen molar-refractivity contribution in [3.8, 4) is 0 Å². The quantitative estimate of drug-likeness (QED) is 0.362. The summed E-state index contributed by atoms with van der Waals surface area (Å²) < 4.78 is 0. The lowest BCUT2D eigenvalue weighted by atomic mass is 10.0. The molecule has 0 bridgehead atoms. The van der Waals surface area contributed by atoms with Gasteiger partial charge in [-0.15, -0.1) is 0 Å². The molecule has 0 fully saturated rings. The number of anilines is 1. The number of carbonyl (C=O) groups is 3. The van der Waals surface area contributed by atoms with Gasteiger partial charge in [-0.1, -0.05) is 6.92 Å². The van der Waals surface area contributed by atoms with Gasteiger partial charge in [0.25, 0.3) is 11.5 Å². The first-order valence-corrected chi connectivity index (χ1v) is 10.1. The number of aromatic nitrogens is 2. The highest BCUT2D eigenvalue weighted by Crippen LogP contribution is 2.21. The molecule has 1 heterocycles. The number of H-pyrrole nitrogens is 1. The standard InChI is InChI=1S/C22H22N6O5/c1-2-18(29)17(9-10-19(30)31)24-20(32)12-3-5-13(6-4-12)27-28-14-7-8-16-15(11-14)21(33)26-22(23)25-16/h3-8,11,17H,2,9-10H2,1H3,(H,24,32)(H,30,31)(H3,23,25,26,33). The fourth-order valence-corrected chi connectivity index (χ4v) is 3.07. The lowest BCUT2D eigenvalue weighted by Gasteiger charge is -2.16. The second-order valence-electron chi connectivity index (χ2n) is 7.18. The van der Waals surface area contributed by atoms with Crippen LogP contribution >= 0.6 is 0 Å². The van der Waals surface area contributed by atoms with E-state index in [0.717, 1.165) is 0 Å². The van der Waals surface area contributed by atoms with Gasteiger partial charge in [-0.2, -0.15) is 10.2 Å². The zero-order chi connectivity index (χ0) is 24.0. The van der Waals surface area contributed by atoms with Crippen molar-refractivity contribution in [2.75, 3.05) is 5.73 Å². The van der Waals surface area contributed by atoms with E-state index in [1.54, 1.807) is 31.2 Å². The van der Waals surface area contributed by atoms with Gasteiger partial charge < -0.3 is 16.2 Å². The van der Waals surface area contributed by atoms with E-state index in [9.17, 15) is 19.2 Å². The fraction of sp³-hybridized carbons (Fsp3) is 0.227. The Morgan fingerprint density at radius 2 is 1.79 bits per heavy atom. The molecule has 0 saturated carbocycles. The first-order valence-electron chi connectivity index (χ1n) is 10.1. The van der Waals surface area contributed by atoms with Crippen LogP contribution in [-0.4, -0.2) is 38.8 Å². The minimum atomic E-state index is -1.04. The number of rotatable bonds is 9. The van der Waals surface area contributed by atoms with Crippen molar-refractivity contribution in [2.24, 2.45) is 10.2 Å². The molecule has 1 atom stereocenters. The molecule has 11 nitrogen and oxygen atoms in total. The number of carboxylic acid groups (broad SMARTS) is 1. The molecule has 0 radical (unpaired) electrons. The van der Waals surface area contributed by atoms with Gasteiger partial charge in [-0.25, -0.2) is 4.98 Å². The predicted octanol–water partition coefficient (Wildman–Crippen LogP) is 2.86. The van der Waals surface area contributed by atoms with Crippen molar-refractivity contribution >= 4 is 45.9 Å². The van der Waals surface area contributed by atoms with Crippen molar-refractivity contribution < 1.29 is 19.5 Å². The maximum absolute atomic E-state index is 12.5. The van der Waals surface area contributed by atoms with E-state index in [4.69, 9.17) is 10.8 Å². The van der Waals surface area contributed by atoms with Gasteiger partial charge in [0.2, 0.25) is 5.95 Å². The van der Waals surface area contributed by atoms with Crippen molar-refractivity contribution in [1.82, 2.24) is 15.3 Å². The molecule has 0 aliphatic rings. The lowest BCUT2D eigenvalue weighted by molar-refractivity contribution is -0.137. The molecule has 0 aliphatic heterocycles. The van der Waals surface area contributed by atoms with Crippen LogP contribution in [0.25, 0.3) is 10.9 Å². The van der Waals surface area contributed by atoms with Gasteiger partial charge in [0.05, 0.1) is 28.3 Å². The largest absolute Gasteiger partial charge is 0.481 e. The minimum Gasteiger partial charge on any atom is -0.481 e. The Morgan fingerprint density at radius 3 is 2.45 bits per heavy atom. The normalized spacial score (nSPS) is 12.0. The monoisotopic (exact) mass is 450 g/mol. The van der Waals surface area contributed by atoms with Crippen LogP contribution in [0.2, 0.25) is 0 Å². The highest BCUT2D eigenvalue weighted by molar-refractivity contribution is 5.98. The van der Waals surface area contributed by atoms with E-state index in [0.29, 0.717) is 27.8 Å². The second kappa shape index (κ2) is 10.3. The number of aliphatic carboxylic acids is 1. The fourth-order valence-electron chi connectivity index (χ4n) is 3.07. The van der Waals surface area contributed by atoms with Crippen LogP contribution in [-0.2, 0) is 9.59 Å². The summed E-state index contributed by atoms with van der Waals surface area (Å²) in [7, 11) is 0. The molecule has 0 saturated heterocycles. The van der Waals surface area contributed by atoms with Crippen LogP contribution in [0.4, 0.5) is 17.3 Å². The number of ketones is 1. The Hall–Kier alpha value is -4.41. The Balaban J connectivity index is 1.70. The van der Waals surface area contributed by atoms with Crippen LogP contribution in [0.1, 0.15) is 36.5 Å². The number of Topliss-reactive ketones (excluding diaryl/α,β-unsaturated/α-hetero) is 1. The SMILES string of the molecule is CCC(=O)C(CCC(=O)O)NC(=O)c1ccc(N=Nc2ccc3nc(N)[nH]c(=O)c3c2)cc1. The third kappa shape index (κ3) is 6.06. The maximum Gasteiger partial charge on any atom is 0.303 e. The molecule has 1 unspecified atom stereocenters. The molecular formula is C22H22N6O5. The molecular weight excluding hydrogens is 428 g/mol. The zero-order valence-electron chi connectivity index (χ0n) is 17.7. The van der Waals surface area contributed by atoms with Gasteiger partial charge in [0.1, 0.15) is 0 Å². The number of amides is 1. The average molecular weight is 450 g/mol. The molecule has 170 valence electrons. The molecule has 0 aliphatic carbocycles. The summed E-state index contributed by atoms with van der Waals surface area (Å²) in [6, 6.07) is 10.1. The summed E-state index contributed by atoms with van der Waals surface area (Å²) in [6.45, 7) is 1.65. The number of carboxylic acids is 1. The second-order valence-corrected chi connectivity index (χ2v) is 7.18. The number of nitrogen functional groups attached to an aromatic ring is 1. The van der Waals surface area contributed by atoms with E-state index in [2.05, 4.69) is 25.5 Å². The third-order valence-corrected chi connectivity index (χ3v) is 4.81. The van der Waals surface area contributed by atoms with Crippen molar-refractivity contribution in [3.63, 3.8) is 0 Å². The average Bonchev–Trinajstić information content (AvgIpc) is 2.80. The number of carbonyl (C=O) groups excluding carboxylic acids is 2. The van der Waals surface area contributed by atoms with Gasteiger partial charge >= 0.3 is 5.97 Å². The van der Waals surface area contributed by atoms with Crippen LogP contribution in [0.5, 0.6) is 0 Å². The van der Waals surface area contributed by atoms with Gasteiger partial charge in [0.15, 0.2) is 5.78 Å². The number of hydrogen-bond donors (Lipinski definition) is 4. The molecule has 2 aromatic carbocycles. The Labute approximate surface area is 187 Å². The summed E-state index contributed by atoms with van der Waals surface area (Å²) in [5.41, 5.74) is 6.77. The number of aromatic amines is 1. The van der Waals surface area contributed by atoms with E-state index in [-0.39, 0.29) is 36.6 Å². The topological polar surface area (TPSA) is 180 Å². The molecule has 33 heavy (non-hydrogen) atoms. The van der Waals surface area contributed by atoms with Crippen LogP contribution in [0.15, 0.2) is 57.5 Å². The molecule has 11 heteroatoms. The third-order valence-electron chi connectivity index (χ3n) is 4.81.